The van der Waals surface area contributed by atoms with Crippen LogP contribution in [0, 0.1) is 0 Å². The molecule has 3 nitrogen and oxygen atoms in total. The van der Waals surface area contributed by atoms with Gasteiger partial charge in [-0.15, -0.1) is 0 Å². The van der Waals surface area contributed by atoms with Crippen molar-refractivity contribution in [3.8, 4) is 11.5 Å². The maximum atomic E-state index is 9.70. The van der Waals surface area contributed by atoms with Gasteiger partial charge in [-0.05, 0) is 45.0 Å². The summed E-state index contributed by atoms with van der Waals surface area (Å²) in [5.74, 6) is 0.0711. The van der Waals surface area contributed by atoms with Crippen molar-refractivity contribution in [3.05, 3.63) is 23.3 Å². The van der Waals surface area contributed by atoms with Crippen LogP contribution in [0.2, 0.25) is 0 Å². The van der Waals surface area contributed by atoms with Crippen molar-refractivity contribution in [2.75, 3.05) is 14.1 Å². The zero-order chi connectivity index (χ0) is 11.0. The molecular weight excluding hydrogens is 190 g/mol. The number of aromatic hydroxyl groups is 2. The van der Waals surface area contributed by atoms with E-state index in [9.17, 15) is 10.2 Å². The fourth-order valence-corrected chi connectivity index (χ4v) is 2.24. The Morgan fingerprint density at radius 3 is 2.67 bits per heavy atom. The summed E-state index contributed by atoms with van der Waals surface area (Å²) in [7, 11) is 4.16. The number of likely N-dealkylation sites (N-methyl/N-ethyl adjacent to an activating group) is 1. The van der Waals surface area contributed by atoms with Gasteiger partial charge in [0.05, 0.1) is 0 Å². The Labute approximate surface area is 90.0 Å². The number of nitrogens with zero attached hydrogens (tertiary/aromatic N) is 1. The van der Waals surface area contributed by atoms with Crippen LogP contribution in [0.5, 0.6) is 11.5 Å². The van der Waals surface area contributed by atoms with Crippen molar-refractivity contribution in [3.63, 3.8) is 0 Å². The first-order chi connectivity index (χ1) is 7.09. The molecule has 3 heteroatoms. The molecule has 1 aliphatic rings. The number of phenolic OH excluding ortho intramolecular Hbond substituents is 2. The normalized spacial score (nSPS) is 20.3. The summed E-state index contributed by atoms with van der Waals surface area (Å²) in [6.45, 7) is 0. The standard InChI is InChI=1S/C12H17NO2/c1-13(2)9-4-5-10-8(7-9)3-6-11(14)12(10)15/h3,6,9,14-15H,4-5,7H2,1-2H3/t9-/m0/s1. The average Bonchev–Trinajstić information content (AvgIpc) is 2.23. The van der Waals surface area contributed by atoms with Crippen molar-refractivity contribution >= 4 is 0 Å². The van der Waals surface area contributed by atoms with Gasteiger partial charge >= 0.3 is 0 Å². The van der Waals surface area contributed by atoms with Crippen LogP contribution in [0.1, 0.15) is 17.5 Å². The van der Waals surface area contributed by atoms with Gasteiger partial charge in [0.15, 0.2) is 11.5 Å². The van der Waals surface area contributed by atoms with E-state index in [0.29, 0.717) is 6.04 Å². The summed E-state index contributed by atoms with van der Waals surface area (Å²) in [5, 5.41) is 19.1. The monoisotopic (exact) mass is 207 g/mol. The topological polar surface area (TPSA) is 43.7 Å². The molecule has 0 aromatic heterocycles. The average molecular weight is 207 g/mol. The molecule has 1 atom stereocenters. The highest BCUT2D eigenvalue weighted by molar-refractivity contribution is 5.50. The maximum Gasteiger partial charge on any atom is 0.160 e. The van der Waals surface area contributed by atoms with Crippen LogP contribution in [0.4, 0.5) is 0 Å². The van der Waals surface area contributed by atoms with Crippen molar-refractivity contribution in [2.24, 2.45) is 0 Å². The molecule has 0 saturated carbocycles. The Hall–Kier alpha value is -1.22. The second kappa shape index (κ2) is 3.74. The van der Waals surface area contributed by atoms with Gasteiger partial charge in [-0.25, -0.2) is 0 Å². The van der Waals surface area contributed by atoms with Crippen molar-refractivity contribution in [1.82, 2.24) is 4.90 Å². The lowest BCUT2D eigenvalue weighted by Crippen LogP contribution is -2.33. The lowest BCUT2D eigenvalue weighted by Gasteiger charge is -2.30. The Morgan fingerprint density at radius 1 is 1.27 bits per heavy atom. The highest BCUT2D eigenvalue weighted by atomic mass is 16.3. The number of hydrogen-bond acceptors (Lipinski definition) is 3. The molecule has 0 spiro atoms. The quantitative estimate of drug-likeness (QED) is 0.686. The highest BCUT2D eigenvalue weighted by Crippen LogP contribution is 2.36. The molecule has 0 bridgehead atoms. The van der Waals surface area contributed by atoms with Crippen LogP contribution in [0.3, 0.4) is 0 Å². The molecule has 1 aromatic carbocycles. The summed E-state index contributed by atoms with van der Waals surface area (Å²) in [6.07, 6.45) is 2.84. The molecule has 0 radical (unpaired) electrons. The minimum Gasteiger partial charge on any atom is -0.504 e. The molecule has 1 aromatic rings. The number of rotatable bonds is 1. The van der Waals surface area contributed by atoms with Crippen LogP contribution < -0.4 is 0 Å². The highest BCUT2D eigenvalue weighted by Gasteiger charge is 2.23. The molecular formula is C12H17NO2. The molecule has 15 heavy (non-hydrogen) atoms. The first kappa shape index (κ1) is 10.3. The summed E-state index contributed by atoms with van der Waals surface area (Å²) >= 11 is 0. The minimum absolute atomic E-state index is 0.00273. The molecule has 2 rings (SSSR count). The van der Waals surface area contributed by atoms with Gasteiger partial charge in [0.2, 0.25) is 0 Å². The molecule has 0 saturated heterocycles. The first-order valence-corrected chi connectivity index (χ1v) is 5.28. The van der Waals surface area contributed by atoms with Gasteiger partial charge in [-0.2, -0.15) is 0 Å². The van der Waals surface area contributed by atoms with Crippen LogP contribution >= 0.6 is 0 Å². The number of fused-ring (bicyclic) bond motifs is 1. The Bertz CT molecular complexity index is 374. The van der Waals surface area contributed by atoms with E-state index in [1.807, 2.05) is 6.07 Å². The molecule has 0 amide bonds. The molecule has 0 heterocycles. The molecule has 1 aliphatic carbocycles. The molecule has 2 N–H and O–H groups in total. The van der Waals surface area contributed by atoms with Crippen LogP contribution in [0.15, 0.2) is 12.1 Å². The summed E-state index contributed by atoms with van der Waals surface area (Å²) < 4.78 is 0. The number of phenols is 2. The van der Waals surface area contributed by atoms with Gasteiger partial charge < -0.3 is 15.1 Å². The van der Waals surface area contributed by atoms with E-state index in [0.717, 1.165) is 30.4 Å². The van der Waals surface area contributed by atoms with E-state index in [2.05, 4.69) is 19.0 Å². The summed E-state index contributed by atoms with van der Waals surface area (Å²) in [6, 6.07) is 4.04. The number of hydrogen-bond donors (Lipinski definition) is 2. The maximum absolute atomic E-state index is 9.70. The van der Waals surface area contributed by atoms with E-state index in [-0.39, 0.29) is 11.5 Å². The predicted molar refractivity (Wildman–Crippen MR) is 59.3 cm³/mol. The Morgan fingerprint density at radius 2 is 2.00 bits per heavy atom. The molecule has 0 aliphatic heterocycles. The summed E-state index contributed by atoms with van der Waals surface area (Å²) in [5.41, 5.74) is 2.09. The fourth-order valence-electron chi connectivity index (χ4n) is 2.24. The first-order valence-electron chi connectivity index (χ1n) is 5.28. The van der Waals surface area contributed by atoms with Gasteiger partial charge in [0.1, 0.15) is 0 Å². The third-order valence-electron chi connectivity index (χ3n) is 3.27. The van der Waals surface area contributed by atoms with Gasteiger partial charge in [0.25, 0.3) is 0 Å². The third kappa shape index (κ3) is 1.79. The molecule has 0 unspecified atom stereocenters. The SMILES string of the molecule is CN(C)[C@H]1CCc2c(ccc(O)c2O)C1. The lowest BCUT2D eigenvalue weighted by molar-refractivity contribution is 0.265. The molecule has 82 valence electrons. The second-order valence-corrected chi connectivity index (χ2v) is 4.43. The van der Waals surface area contributed by atoms with Crippen LogP contribution in [0.25, 0.3) is 0 Å². The van der Waals surface area contributed by atoms with Crippen LogP contribution in [-0.4, -0.2) is 35.3 Å². The minimum atomic E-state index is -0.00273. The van der Waals surface area contributed by atoms with E-state index in [1.54, 1.807) is 6.07 Å². The Balaban J connectivity index is 2.32. The van der Waals surface area contributed by atoms with E-state index in [4.69, 9.17) is 0 Å². The zero-order valence-corrected chi connectivity index (χ0v) is 9.20. The largest absolute Gasteiger partial charge is 0.504 e. The van der Waals surface area contributed by atoms with Crippen molar-refractivity contribution in [2.45, 2.75) is 25.3 Å². The van der Waals surface area contributed by atoms with E-state index in [1.165, 1.54) is 0 Å². The van der Waals surface area contributed by atoms with Crippen molar-refractivity contribution in [1.29, 1.82) is 0 Å². The molecule has 0 fully saturated rings. The zero-order valence-electron chi connectivity index (χ0n) is 9.20. The fraction of sp³-hybridized carbons (Fsp3) is 0.500. The lowest BCUT2D eigenvalue weighted by atomic mass is 9.87. The summed E-state index contributed by atoms with van der Waals surface area (Å²) in [4.78, 5) is 2.22. The van der Waals surface area contributed by atoms with Gasteiger partial charge in [0, 0.05) is 11.6 Å². The van der Waals surface area contributed by atoms with Gasteiger partial charge in [-0.3, -0.25) is 0 Å². The second-order valence-electron chi connectivity index (χ2n) is 4.43. The van der Waals surface area contributed by atoms with E-state index >= 15 is 0 Å². The van der Waals surface area contributed by atoms with Gasteiger partial charge in [-0.1, -0.05) is 6.07 Å². The third-order valence-corrected chi connectivity index (χ3v) is 3.27. The predicted octanol–water partition coefficient (Wildman–Crippen LogP) is 1.52. The smallest absolute Gasteiger partial charge is 0.160 e. The van der Waals surface area contributed by atoms with E-state index < -0.39 is 0 Å². The number of benzene rings is 1. The van der Waals surface area contributed by atoms with Crippen molar-refractivity contribution < 1.29 is 10.2 Å². The van der Waals surface area contributed by atoms with Crippen LogP contribution in [-0.2, 0) is 12.8 Å². The Kier molecular flexibility index (Phi) is 2.57.